The highest BCUT2D eigenvalue weighted by atomic mass is 35.5. The van der Waals surface area contributed by atoms with Crippen molar-refractivity contribution in [3.63, 3.8) is 0 Å². The topological polar surface area (TPSA) is 12.9 Å². The van der Waals surface area contributed by atoms with Crippen LogP contribution in [-0.2, 0) is 0 Å². The molecule has 0 aliphatic rings. The Morgan fingerprint density at radius 1 is 0.679 bits per heavy atom. The Hall–Kier alpha value is -2.99. The van der Waals surface area contributed by atoms with Gasteiger partial charge in [0.15, 0.2) is 23.3 Å². The van der Waals surface area contributed by atoms with E-state index in [1.165, 1.54) is 18.2 Å². The van der Waals surface area contributed by atoms with Crippen LogP contribution in [0.15, 0.2) is 54.6 Å². The fourth-order valence-electron chi connectivity index (χ4n) is 3.01. The molecule has 0 amide bonds. The van der Waals surface area contributed by atoms with Crippen molar-refractivity contribution in [1.29, 1.82) is 0 Å². The smallest absolute Gasteiger partial charge is 0.200 e. The summed E-state index contributed by atoms with van der Waals surface area (Å²) in [6.45, 7) is 0. The van der Waals surface area contributed by atoms with E-state index >= 15 is 0 Å². The maximum Gasteiger partial charge on any atom is 0.200 e. The van der Waals surface area contributed by atoms with Crippen molar-refractivity contribution >= 4 is 22.5 Å². The standard InChI is InChI=1S/C21H9ClF5N/c22-11-6-7-14-13(8-11)12(10-4-2-1-3-5-10)9-15(28-14)16-17(23)19(25)21(27)20(26)18(16)24/h1-9H. The summed E-state index contributed by atoms with van der Waals surface area (Å²) in [5.74, 6) is -10.1. The molecule has 3 aromatic carbocycles. The molecule has 1 nitrogen and oxygen atoms in total. The molecule has 1 aromatic heterocycles. The van der Waals surface area contributed by atoms with Crippen LogP contribution >= 0.6 is 11.6 Å². The molecule has 0 N–H and O–H groups in total. The molecule has 0 fully saturated rings. The normalized spacial score (nSPS) is 11.2. The molecule has 0 atom stereocenters. The van der Waals surface area contributed by atoms with E-state index in [1.807, 2.05) is 0 Å². The second kappa shape index (κ2) is 6.87. The summed E-state index contributed by atoms with van der Waals surface area (Å²) >= 11 is 6.06. The highest BCUT2D eigenvalue weighted by Gasteiger charge is 2.28. The fourth-order valence-corrected chi connectivity index (χ4v) is 3.18. The molecule has 1 heterocycles. The molecule has 0 aliphatic carbocycles. The fraction of sp³-hybridized carbons (Fsp3) is 0. The predicted molar refractivity (Wildman–Crippen MR) is 97.4 cm³/mol. The molecule has 0 unspecified atom stereocenters. The molecule has 0 bridgehead atoms. The van der Waals surface area contributed by atoms with E-state index in [2.05, 4.69) is 4.98 Å². The molecule has 28 heavy (non-hydrogen) atoms. The first kappa shape index (κ1) is 18.4. The third kappa shape index (κ3) is 2.90. The van der Waals surface area contributed by atoms with Crippen LogP contribution in [0, 0.1) is 29.1 Å². The van der Waals surface area contributed by atoms with Crippen LogP contribution in [0.1, 0.15) is 0 Å². The van der Waals surface area contributed by atoms with Gasteiger partial charge in [-0.05, 0) is 35.4 Å². The van der Waals surface area contributed by atoms with Gasteiger partial charge in [-0.2, -0.15) is 0 Å². The number of pyridine rings is 1. The van der Waals surface area contributed by atoms with Crippen LogP contribution in [0.4, 0.5) is 22.0 Å². The van der Waals surface area contributed by atoms with Crippen molar-refractivity contribution in [1.82, 2.24) is 4.98 Å². The van der Waals surface area contributed by atoms with Gasteiger partial charge in [0.25, 0.3) is 0 Å². The number of halogens is 6. The second-order valence-corrected chi connectivity index (χ2v) is 6.46. The minimum Gasteiger partial charge on any atom is -0.248 e. The lowest BCUT2D eigenvalue weighted by molar-refractivity contribution is 0.381. The number of fused-ring (bicyclic) bond motifs is 1. The largest absolute Gasteiger partial charge is 0.248 e. The lowest BCUT2D eigenvalue weighted by Gasteiger charge is -2.13. The Kier molecular flexibility index (Phi) is 4.51. The minimum absolute atomic E-state index is 0.296. The highest BCUT2D eigenvalue weighted by Crippen LogP contribution is 2.36. The minimum atomic E-state index is -2.21. The van der Waals surface area contributed by atoms with Crippen molar-refractivity contribution < 1.29 is 22.0 Å². The molecule has 0 aliphatic heterocycles. The van der Waals surface area contributed by atoms with Crippen LogP contribution in [0.2, 0.25) is 5.02 Å². The van der Waals surface area contributed by atoms with Crippen LogP contribution < -0.4 is 0 Å². The number of hydrogen-bond donors (Lipinski definition) is 0. The molecular formula is C21H9ClF5N. The average molecular weight is 406 g/mol. The van der Waals surface area contributed by atoms with Crippen molar-refractivity contribution in [3.05, 3.63) is 88.7 Å². The molecule has 4 rings (SSSR count). The summed E-state index contributed by atoms with van der Waals surface area (Å²) in [6, 6.07) is 14.7. The molecule has 0 radical (unpaired) electrons. The Labute approximate surface area is 161 Å². The third-order valence-electron chi connectivity index (χ3n) is 4.32. The molecule has 4 aromatic rings. The van der Waals surface area contributed by atoms with Crippen LogP contribution in [0.3, 0.4) is 0 Å². The van der Waals surface area contributed by atoms with Crippen LogP contribution in [0.5, 0.6) is 0 Å². The number of benzene rings is 3. The zero-order valence-corrected chi connectivity index (χ0v) is 14.7. The monoisotopic (exact) mass is 405 g/mol. The van der Waals surface area contributed by atoms with Crippen molar-refractivity contribution in [2.45, 2.75) is 0 Å². The lowest BCUT2D eigenvalue weighted by Crippen LogP contribution is -2.05. The first-order chi connectivity index (χ1) is 13.4. The van der Waals surface area contributed by atoms with Gasteiger partial charge in [-0.25, -0.2) is 26.9 Å². The Morgan fingerprint density at radius 3 is 1.93 bits per heavy atom. The summed E-state index contributed by atoms with van der Waals surface area (Å²) < 4.78 is 69.3. The van der Waals surface area contributed by atoms with E-state index in [0.29, 0.717) is 27.1 Å². The quantitative estimate of drug-likeness (QED) is 0.200. The summed E-state index contributed by atoms with van der Waals surface area (Å²) in [5, 5.41) is 0.988. The van der Waals surface area contributed by atoms with Gasteiger partial charge < -0.3 is 0 Å². The van der Waals surface area contributed by atoms with Gasteiger partial charge in [-0.1, -0.05) is 41.9 Å². The Balaban J connectivity index is 2.10. The Morgan fingerprint density at radius 2 is 1.29 bits per heavy atom. The average Bonchev–Trinajstić information content (AvgIpc) is 2.71. The van der Waals surface area contributed by atoms with Gasteiger partial charge in [0, 0.05) is 10.4 Å². The Bertz CT molecular complexity index is 1200. The number of nitrogens with zero attached hydrogens (tertiary/aromatic N) is 1. The zero-order chi connectivity index (χ0) is 20.0. The third-order valence-corrected chi connectivity index (χ3v) is 4.56. The van der Waals surface area contributed by atoms with Crippen molar-refractivity contribution in [2.24, 2.45) is 0 Å². The molecule has 0 spiro atoms. The molecule has 0 saturated carbocycles. The lowest BCUT2D eigenvalue weighted by atomic mass is 9.98. The number of hydrogen-bond acceptors (Lipinski definition) is 1. The van der Waals surface area contributed by atoms with Crippen molar-refractivity contribution in [2.75, 3.05) is 0 Å². The molecule has 140 valence electrons. The van der Waals surface area contributed by atoms with E-state index in [-0.39, 0.29) is 5.69 Å². The van der Waals surface area contributed by atoms with Gasteiger partial charge in [-0.15, -0.1) is 0 Å². The summed E-state index contributed by atoms with van der Waals surface area (Å²) in [5.41, 5.74) is 0.00549. The maximum absolute atomic E-state index is 14.3. The highest BCUT2D eigenvalue weighted by molar-refractivity contribution is 6.31. The van der Waals surface area contributed by atoms with Gasteiger partial charge in [0.2, 0.25) is 5.82 Å². The van der Waals surface area contributed by atoms with E-state index in [1.54, 1.807) is 36.4 Å². The molecule has 7 heteroatoms. The number of rotatable bonds is 2. The van der Waals surface area contributed by atoms with E-state index < -0.39 is 34.6 Å². The number of aromatic nitrogens is 1. The van der Waals surface area contributed by atoms with Gasteiger partial charge >= 0.3 is 0 Å². The van der Waals surface area contributed by atoms with E-state index in [9.17, 15) is 22.0 Å². The summed E-state index contributed by atoms with van der Waals surface area (Å²) in [7, 11) is 0. The summed E-state index contributed by atoms with van der Waals surface area (Å²) in [6.07, 6.45) is 0. The van der Waals surface area contributed by atoms with Crippen LogP contribution in [-0.4, -0.2) is 4.98 Å². The predicted octanol–water partition coefficient (Wildman–Crippen LogP) is 6.92. The van der Waals surface area contributed by atoms with Crippen molar-refractivity contribution in [3.8, 4) is 22.4 Å². The van der Waals surface area contributed by atoms with Gasteiger partial charge in [0.1, 0.15) is 0 Å². The first-order valence-electron chi connectivity index (χ1n) is 8.06. The first-order valence-corrected chi connectivity index (χ1v) is 8.44. The van der Waals surface area contributed by atoms with Gasteiger partial charge in [-0.3, -0.25) is 0 Å². The van der Waals surface area contributed by atoms with Crippen LogP contribution in [0.25, 0.3) is 33.3 Å². The second-order valence-electron chi connectivity index (χ2n) is 6.03. The molecule has 0 saturated heterocycles. The van der Waals surface area contributed by atoms with Gasteiger partial charge in [0.05, 0.1) is 16.8 Å². The van der Waals surface area contributed by atoms with E-state index in [4.69, 9.17) is 11.6 Å². The SMILES string of the molecule is Fc1c(F)c(F)c(-c2cc(-c3ccccc3)c3cc(Cl)ccc3n2)c(F)c1F. The zero-order valence-electron chi connectivity index (χ0n) is 13.9. The maximum atomic E-state index is 14.3. The molecular weight excluding hydrogens is 397 g/mol. The summed E-state index contributed by atoms with van der Waals surface area (Å²) in [4.78, 5) is 4.11. The van der Waals surface area contributed by atoms with E-state index in [0.717, 1.165) is 0 Å².